The first-order chi connectivity index (χ1) is 71.0. The quantitative estimate of drug-likeness (QED) is 0.0438. The van der Waals surface area contributed by atoms with E-state index in [2.05, 4.69) is 224 Å². The molecule has 14 heterocycles. The molecule has 8 aromatic carbocycles. The number of H-pyrrole nitrogens is 5. The molecule has 18 aromatic rings. The number of aryl methyl sites for hydroxylation is 12. The molecular formula is C122H119N19O5. The Morgan fingerprint density at radius 1 is 0.281 bits per heavy atom. The third-order valence-corrected chi connectivity index (χ3v) is 31.8. The number of fused-ring (bicyclic) bond motifs is 6. The Bertz CT molecular complexity index is 8580. The van der Waals surface area contributed by atoms with E-state index >= 15 is 0 Å². The predicted molar refractivity (Wildman–Crippen MR) is 580 cm³/mol. The molecule has 8 aliphatic carbocycles. The van der Waals surface area contributed by atoms with Crippen molar-refractivity contribution in [2.45, 2.75) is 229 Å². The van der Waals surface area contributed by atoms with E-state index in [0.717, 1.165) is 256 Å². The summed E-state index contributed by atoms with van der Waals surface area (Å²) in [6, 6.07) is 45.7. The highest BCUT2D eigenvalue weighted by atomic mass is 16.5. The van der Waals surface area contributed by atoms with Crippen molar-refractivity contribution in [1.82, 2.24) is 80.9 Å². The van der Waals surface area contributed by atoms with Gasteiger partial charge in [0.15, 0.2) is 0 Å². The Balaban J connectivity index is 0.0000000928. The molecule has 0 spiro atoms. The van der Waals surface area contributed by atoms with Crippen molar-refractivity contribution < 1.29 is 22.6 Å². The predicted octanol–water partition coefficient (Wildman–Crippen LogP) is 29.1. The van der Waals surface area contributed by atoms with Crippen LogP contribution in [0, 0.1) is 101 Å². The van der Waals surface area contributed by atoms with Crippen LogP contribution in [0.4, 0.5) is 0 Å². The number of benzene rings is 8. The maximum Gasteiger partial charge on any atom is 0.141 e. The van der Waals surface area contributed by atoms with Gasteiger partial charge in [0, 0.05) is 142 Å². The SMILES string of the molecule is C=C1NC=Cc2c1cccc2-c1cc(-c2c(C)noc2C)cc2[nH]c(C3CC3)nc12.CC1=NCC(C2CC2)=C1c1cc(-c2c(C)noc2C)cc2[nH]c(C3CC3)nc12.CC1=NCC(c2ccccc2)=C1c1cc(-c2c(C)noc2C)cc2[nH]c(C3CC3)nc12.Cc1cccc(C)c1-c1cc(-c2c(C)noc2C)cc2[nH]c(C3CC3)nc12.Cc1noc(C)c1-c1cc(C2=C(C3CC3)CN=C2C2CC2)c2nc(C3CC3)[nH]c2c1. The fraction of sp³-hybridized carbons (Fsp3) is 0.336. The van der Waals surface area contributed by atoms with Gasteiger partial charge in [-0.15, -0.1) is 0 Å². The highest BCUT2D eigenvalue weighted by Crippen LogP contribution is 2.54. The van der Waals surface area contributed by atoms with Crippen molar-refractivity contribution in [3.63, 3.8) is 0 Å². The van der Waals surface area contributed by atoms with E-state index in [0.29, 0.717) is 48.0 Å². The van der Waals surface area contributed by atoms with E-state index in [4.69, 9.17) is 62.5 Å². The zero-order valence-electron chi connectivity index (χ0n) is 85.4. The lowest BCUT2D eigenvalue weighted by atomic mass is 9.89. The van der Waals surface area contributed by atoms with Gasteiger partial charge in [-0.05, 0) is 356 Å². The van der Waals surface area contributed by atoms with E-state index in [1.165, 1.54) is 181 Å². The average molecular weight is 1930 g/mol. The monoisotopic (exact) mass is 1930 g/mol. The molecule has 30 rings (SSSR count). The topological polar surface area (TPSA) is 323 Å². The van der Waals surface area contributed by atoms with Crippen LogP contribution in [0.1, 0.15) is 277 Å². The first kappa shape index (κ1) is 90.7. The first-order valence-electron chi connectivity index (χ1n) is 52.5. The molecule has 24 heteroatoms. The summed E-state index contributed by atoms with van der Waals surface area (Å²) in [5.41, 5.74) is 53.5. The summed E-state index contributed by atoms with van der Waals surface area (Å²) in [5.74, 6) is 14.8. The van der Waals surface area contributed by atoms with Gasteiger partial charge in [0.1, 0.15) is 57.9 Å². The summed E-state index contributed by atoms with van der Waals surface area (Å²) < 4.78 is 27.3. The zero-order valence-corrected chi connectivity index (χ0v) is 85.4. The van der Waals surface area contributed by atoms with Crippen LogP contribution in [-0.2, 0) is 0 Å². The summed E-state index contributed by atoms with van der Waals surface area (Å²) >= 11 is 0. The van der Waals surface area contributed by atoms with Crippen LogP contribution in [0.3, 0.4) is 0 Å². The maximum atomic E-state index is 5.51. The molecule has 8 saturated carbocycles. The molecular weight excluding hydrogens is 1810 g/mol. The Labute approximate surface area is 846 Å². The lowest BCUT2D eigenvalue weighted by Gasteiger charge is -2.19. The number of hydrogen-bond acceptors (Lipinski definition) is 19. The highest BCUT2D eigenvalue weighted by molar-refractivity contribution is 6.34. The molecule has 6 N–H and O–H groups in total. The lowest BCUT2D eigenvalue weighted by Crippen LogP contribution is -2.08. The first-order valence-corrected chi connectivity index (χ1v) is 52.5. The third-order valence-electron chi connectivity index (χ3n) is 31.8. The van der Waals surface area contributed by atoms with Crippen LogP contribution in [0.5, 0.6) is 0 Å². The molecule has 0 unspecified atom stereocenters. The van der Waals surface area contributed by atoms with E-state index < -0.39 is 0 Å². The minimum Gasteiger partial charge on any atom is -0.362 e. The molecule has 4 aliphatic heterocycles. The minimum atomic E-state index is 0.557. The second-order valence-electron chi connectivity index (χ2n) is 42.9. The molecule has 146 heavy (non-hydrogen) atoms. The second-order valence-corrected chi connectivity index (χ2v) is 42.9. The number of aromatic nitrogens is 15. The van der Waals surface area contributed by atoms with Crippen molar-refractivity contribution in [2.24, 2.45) is 32.7 Å². The number of hydrogen-bond donors (Lipinski definition) is 6. The number of nitrogens with zero attached hydrogens (tertiary/aromatic N) is 13. The molecule has 24 nitrogen and oxygen atoms in total. The summed E-state index contributed by atoms with van der Waals surface area (Å²) in [7, 11) is 0. The molecule has 732 valence electrons. The molecule has 12 aliphatic rings. The molecule has 10 aromatic heterocycles. The summed E-state index contributed by atoms with van der Waals surface area (Å²) in [5, 5.41) is 24.1. The molecule has 0 atom stereocenters. The van der Waals surface area contributed by atoms with E-state index in [-0.39, 0.29) is 0 Å². The van der Waals surface area contributed by atoms with Gasteiger partial charge in [0.25, 0.3) is 0 Å². The fourth-order valence-electron chi connectivity index (χ4n) is 23.2. The van der Waals surface area contributed by atoms with Gasteiger partial charge in [0.05, 0.1) is 103 Å². The molecule has 8 fully saturated rings. The Morgan fingerprint density at radius 3 is 0.986 bits per heavy atom. The Kier molecular flexibility index (Phi) is 22.1. The summed E-state index contributed by atoms with van der Waals surface area (Å²) in [6.07, 6.45) is 24.1. The van der Waals surface area contributed by atoms with E-state index in [1.54, 1.807) is 5.57 Å². The van der Waals surface area contributed by atoms with Gasteiger partial charge >= 0.3 is 0 Å². The number of nitrogens with one attached hydrogen (secondary N) is 6. The smallest absolute Gasteiger partial charge is 0.141 e. The summed E-state index contributed by atoms with van der Waals surface area (Å²) in [6.45, 7) is 35.1. The maximum absolute atomic E-state index is 5.51. The van der Waals surface area contributed by atoms with Crippen LogP contribution in [0.25, 0.3) is 167 Å². The Hall–Kier alpha value is -15.3. The Morgan fingerprint density at radius 2 is 0.603 bits per heavy atom. The average Bonchev–Trinajstić information content (AvgIpc) is 1.59. The minimum absolute atomic E-state index is 0.557. The fourth-order valence-corrected chi connectivity index (χ4v) is 23.2. The number of allylic oxidation sites excluding steroid dienone is 3. The molecule has 0 radical (unpaired) electrons. The summed E-state index contributed by atoms with van der Waals surface area (Å²) in [4.78, 5) is 58.0. The largest absolute Gasteiger partial charge is 0.362 e. The number of imidazole rings is 5. The van der Waals surface area contributed by atoms with E-state index in [9.17, 15) is 0 Å². The van der Waals surface area contributed by atoms with Gasteiger partial charge in [-0.3, -0.25) is 15.0 Å². The van der Waals surface area contributed by atoms with Crippen LogP contribution in [-0.4, -0.2) is 112 Å². The molecule has 0 bridgehead atoms. The van der Waals surface area contributed by atoms with Crippen molar-refractivity contribution in [1.29, 1.82) is 0 Å². The van der Waals surface area contributed by atoms with Crippen molar-refractivity contribution in [3.05, 3.63) is 282 Å². The number of aromatic amines is 5. The standard InChI is InChI=1S/C26H24N4O.C25H26N4O.C25H22N4O.C23H24N4O.C23H23N3O/c1-14-24(21(13-27-14)17-7-5-4-6-8-17)20-11-19(23-15(2)30-31-16(23)3)12-22-25(20)29-26(28-22)18-9-10-18;1-12-21(13(2)30-29-12)17-9-18(24-20(10-17)27-25(28-24)16-7-8-16)22-19(14-3-4-14)11-26-23(22)15-5-6-15;1-13-18-5-4-6-19(20(18)9-10-26-13)21-11-17(23-14(2)29-30-15(23)3)12-22-24(21)28-25(27-22)16-7-8-16;1-11-21(18(10-24-11)14-4-5-14)17-8-16(20-12(2)27-28-13(20)3)9-19-22(17)26-23(25-19)15-6-7-15;1-12-6-5-7-13(2)20(12)18-10-17(21-14(3)26-27-15(21)4)11-19-22(18)25-23(24-19)16-8-9-16/h4-8,11-12,18H,9-10,13H2,1-3H3,(H,28,29);9-10,14-16H,3-8,11H2,1-2H3,(H,27,28);4-6,9-12,16,26H,1,7-8H2,2-3H3,(H,27,28);8-9,14-15H,4-7,10H2,1-3H3,(H,25,26);5-7,10-11,16H,8-9H2,1-4H3,(H,24,25). The van der Waals surface area contributed by atoms with Gasteiger partial charge in [-0.25, -0.2) is 24.9 Å². The second kappa shape index (κ2) is 35.6. The van der Waals surface area contributed by atoms with Gasteiger partial charge in [0.2, 0.25) is 0 Å². The van der Waals surface area contributed by atoms with Crippen LogP contribution in [0.15, 0.2) is 189 Å². The van der Waals surface area contributed by atoms with Gasteiger partial charge < -0.3 is 52.9 Å². The van der Waals surface area contributed by atoms with Gasteiger partial charge in [-0.2, -0.15) is 0 Å². The van der Waals surface area contributed by atoms with Crippen molar-refractivity contribution in [2.75, 3.05) is 19.6 Å². The molecule has 0 amide bonds. The molecule has 0 saturated heterocycles. The van der Waals surface area contributed by atoms with Crippen LogP contribution in [0.2, 0.25) is 0 Å². The van der Waals surface area contributed by atoms with Crippen molar-refractivity contribution >= 4 is 106 Å². The zero-order chi connectivity index (χ0) is 99.2. The van der Waals surface area contributed by atoms with E-state index in [1.807, 2.05) is 75.4 Å². The van der Waals surface area contributed by atoms with Crippen molar-refractivity contribution in [3.8, 4) is 77.9 Å². The third kappa shape index (κ3) is 16.7. The number of aliphatic imine (C=N–C) groups is 3. The number of rotatable bonds is 19. The lowest BCUT2D eigenvalue weighted by molar-refractivity contribution is 0.393. The van der Waals surface area contributed by atoms with Crippen LogP contribution < -0.4 is 5.32 Å². The normalized spacial score (nSPS) is 17.5. The van der Waals surface area contributed by atoms with Crippen LogP contribution >= 0.6 is 0 Å². The highest BCUT2D eigenvalue weighted by Gasteiger charge is 2.43. The van der Waals surface area contributed by atoms with Gasteiger partial charge in [-0.1, -0.05) is 99.1 Å².